The normalized spacial score (nSPS) is 26.3. The average molecular weight is 401 g/mol. The van der Waals surface area contributed by atoms with Crippen LogP contribution in [0.4, 0.5) is 10.1 Å². The van der Waals surface area contributed by atoms with Gasteiger partial charge >= 0.3 is 5.97 Å². The van der Waals surface area contributed by atoms with Crippen LogP contribution in [0, 0.1) is 18.2 Å². The maximum absolute atomic E-state index is 15.3. The number of aromatic nitrogens is 1. The number of nitrogens with zero attached hydrogens (tertiary/aromatic N) is 2. The van der Waals surface area contributed by atoms with Gasteiger partial charge in [-0.15, -0.1) is 0 Å². The van der Waals surface area contributed by atoms with Gasteiger partial charge in [0.2, 0.25) is 0 Å². The molecule has 2 aromatic rings. The third-order valence-corrected chi connectivity index (χ3v) is 6.91. The molecule has 0 unspecified atom stereocenters. The molecule has 2 aromatic heterocycles. The fourth-order valence-electron chi connectivity index (χ4n) is 5.17. The molecular weight excluding hydrogens is 377 g/mol. The Morgan fingerprint density at radius 2 is 2.21 bits per heavy atom. The van der Waals surface area contributed by atoms with Gasteiger partial charge in [0.25, 0.3) is 5.56 Å². The van der Waals surface area contributed by atoms with E-state index in [9.17, 15) is 14.7 Å². The van der Waals surface area contributed by atoms with E-state index in [0.29, 0.717) is 43.0 Å². The third kappa shape index (κ3) is 2.62. The maximum atomic E-state index is 15.3. The molecule has 5 rings (SSSR count). The van der Waals surface area contributed by atoms with E-state index in [2.05, 4.69) is 0 Å². The van der Waals surface area contributed by atoms with Gasteiger partial charge in [-0.3, -0.25) is 9.20 Å². The third-order valence-electron chi connectivity index (χ3n) is 6.91. The van der Waals surface area contributed by atoms with Gasteiger partial charge in [-0.05, 0) is 49.3 Å². The highest BCUT2D eigenvalue weighted by molar-refractivity contribution is 5.89. The fourth-order valence-corrected chi connectivity index (χ4v) is 5.17. The summed E-state index contributed by atoms with van der Waals surface area (Å²) in [6.45, 7) is 4.13. The number of anilines is 1. The summed E-state index contributed by atoms with van der Waals surface area (Å²) in [5.74, 6) is -1.62. The van der Waals surface area contributed by atoms with Gasteiger partial charge in [0.1, 0.15) is 5.56 Å². The topological polar surface area (TPSA) is 97.3 Å². The lowest BCUT2D eigenvalue weighted by Gasteiger charge is -2.27. The molecule has 29 heavy (non-hydrogen) atoms. The highest BCUT2D eigenvalue weighted by Crippen LogP contribution is 2.46. The van der Waals surface area contributed by atoms with Crippen molar-refractivity contribution in [2.24, 2.45) is 11.1 Å². The van der Waals surface area contributed by atoms with Crippen molar-refractivity contribution < 1.29 is 19.0 Å². The summed E-state index contributed by atoms with van der Waals surface area (Å²) in [4.78, 5) is 26.2. The molecule has 154 valence electrons. The molecule has 0 bridgehead atoms. The van der Waals surface area contributed by atoms with Crippen molar-refractivity contribution in [1.82, 2.24) is 4.40 Å². The van der Waals surface area contributed by atoms with E-state index < -0.39 is 17.3 Å². The SMILES string of the molecule is Cc1c(N2C[C@H]3OCC[C@@]3(CN)C2)c(F)cn2c(=O)c(C(=O)O)cc(C3CC3)c12. The molecular formula is C21H24FN3O4. The van der Waals surface area contributed by atoms with Crippen molar-refractivity contribution in [2.45, 2.75) is 38.2 Å². The number of fused-ring (bicyclic) bond motifs is 2. The van der Waals surface area contributed by atoms with E-state index >= 15 is 4.39 Å². The first kappa shape index (κ1) is 18.6. The van der Waals surface area contributed by atoms with E-state index in [-0.39, 0.29) is 23.0 Å². The highest BCUT2D eigenvalue weighted by atomic mass is 19.1. The second kappa shape index (κ2) is 6.27. The Balaban J connectivity index is 1.71. The molecule has 0 amide bonds. The quantitative estimate of drug-likeness (QED) is 0.812. The van der Waals surface area contributed by atoms with Gasteiger partial charge in [0, 0.05) is 31.7 Å². The number of carboxylic acid groups (broad SMARTS) is 1. The van der Waals surface area contributed by atoms with Crippen LogP contribution >= 0.6 is 0 Å². The Morgan fingerprint density at radius 1 is 1.45 bits per heavy atom. The number of aromatic carboxylic acids is 1. The lowest BCUT2D eigenvalue weighted by atomic mass is 9.84. The first-order valence-corrected chi connectivity index (χ1v) is 10.0. The van der Waals surface area contributed by atoms with Gasteiger partial charge < -0.3 is 20.5 Å². The second-order valence-corrected chi connectivity index (χ2v) is 8.62. The van der Waals surface area contributed by atoms with Crippen LogP contribution in [-0.2, 0) is 4.74 Å². The molecule has 4 heterocycles. The minimum Gasteiger partial charge on any atom is -0.477 e. The largest absolute Gasteiger partial charge is 0.477 e. The molecule has 2 aliphatic heterocycles. The molecule has 0 radical (unpaired) electrons. The Kier molecular flexibility index (Phi) is 4.02. The molecule has 3 fully saturated rings. The van der Waals surface area contributed by atoms with Crippen molar-refractivity contribution in [3.05, 3.63) is 45.1 Å². The number of hydrogen-bond donors (Lipinski definition) is 2. The Morgan fingerprint density at radius 3 is 2.83 bits per heavy atom. The minimum atomic E-state index is -1.29. The monoisotopic (exact) mass is 401 g/mol. The van der Waals surface area contributed by atoms with E-state index in [1.807, 2.05) is 11.8 Å². The Bertz CT molecular complexity index is 1090. The number of hydrogen-bond acceptors (Lipinski definition) is 5. The zero-order chi connectivity index (χ0) is 20.5. The molecule has 2 saturated heterocycles. The predicted molar refractivity (Wildman–Crippen MR) is 105 cm³/mol. The molecule has 7 nitrogen and oxygen atoms in total. The summed E-state index contributed by atoms with van der Waals surface area (Å²) in [7, 11) is 0. The first-order chi connectivity index (χ1) is 13.9. The van der Waals surface area contributed by atoms with Crippen LogP contribution in [0.2, 0.25) is 0 Å². The predicted octanol–water partition coefficient (Wildman–Crippen LogP) is 1.88. The molecule has 2 atom stereocenters. The molecule has 3 N–H and O–H groups in total. The number of pyridine rings is 2. The summed E-state index contributed by atoms with van der Waals surface area (Å²) in [5, 5.41) is 9.42. The van der Waals surface area contributed by atoms with Crippen molar-refractivity contribution in [3.63, 3.8) is 0 Å². The summed E-state index contributed by atoms with van der Waals surface area (Å²) < 4.78 is 22.3. The number of rotatable bonds is 4. The molecule has 0 spiro atoms. The molecule has 1 aliphatic carbocycles. The summed E-state index contributed by atoms with van der Waals surface area (Å²) in [6.07, 6.45) is 3.85. The fraction of sp³-hybridized carbons (Fsp3) is 0.524. The van der Waals surface area contributed by atoms with Gasteiger partial charge in [-0.1, -0.05) is 0 Å². The number of nitrogens with two attached hydrogens (primary N) is 1. The van der Waals surface area contributed by atoms with Crippen molar-refractivity contribution in [3.8, 4) is 0 Å². The molecule has 1 saturated carbocycles. The zero-order valence-electron chi connectivity index (χ0n) is 16.3. The van der Waals surface area contributed by atoms with Gasteiger partial charge in [-0.2, -0.15) is 0 Å². The number of halogens is 1. The standard InChI is InChI=1S/C21H24FN3O4/c1-11-17-13(12-2-3-12)6-14(20(27)28)19(26)25(17)7-15(22)18(11)24-8-16-21(9-23,10-24)4-5-29-16/h6-7,12,16H,2-5,8-10,23H2,1H3,(H,27,28)/t16-,21-/m1/s1. The Hall–Kier alpha value is -2.45. The summed E-state index contributed by atoms with van der Waals surface area (Å²) >= 11 is 0. The van der Waals surface area contributed by atoms with Crippen molar-refractivity contribution >= 4 is 17.2 Å². The second-order valence-electron chi connectivity index (χ2n) is 8.62. The van der Waals surface area contributed by atoms with Crippen LogP contribution in [-0.4, -0.2) is 47.8 Å². The van der Waals surface area contributed by atoms with Gasteiger partial charge in [0.05, 0.1) is 23.5 Å². The lowest BCUT2D eigenvalue weighted by Crippen LogP contribution is -2.37. The minimum absolute atomic E-state index is 0.0259. The summed E-state index contributed by atoms with van der Waals surface area (Å²) in [5.41, 5.74) is 7.41. The van der Waals surface area contributed by atoms with E-state index in [1.165, 1.54) is 10.5 Å². The lowest BCUT2D eigenvalue weighted by molar-refractivity contribution is 0.0694. The summed E-state index contributed by atoms with van der Waals surface area (Å²) in [6, 6.07) is 1.48. The van der Waals surface area contributed by atoms with Crippen LogP contribution in [0.3, 0.4) is 0 Å². The molecule has 8 heteroatoms. The number of ether oxygens (including phenoxy) is 1. The van der Waals surface area contributed by atoms with Crippen LogP contribution in [0.15, 0.2) is 17.1 Å². The van der Waals surface area contributed by atoms with Crippen LogP contribution < -0.4 is 16.2 Å². The first-order valence-electron chi connectivity index (χ1n) is 10.0. The average Bonchev–Trinajstić information content (AvgIpc) is 3.34. The number of carboxylic acids is 1. The van der Waals surface area contributed by atoms with Crippen LogP contribution in [0.1, 0.15) is 46.7 Å². The Labute approximate surface area is 166 Å². The van der Waals surface area contributed by atoms with E-state index in [0.717, 1.165) is 31.0 Å². The smallest absolute Gasteiger partial charge is 0.341 e. The molecule has 3 aliphatic rings. The van der Waals surface area contributed by atoms with E-state index in [1.54, 1.807) is 0 Å². The van der Waals surface area contributed by atoms with Gasteiger partial charge in [0.15, 0.2) is 5.82 Å². The maximum Gasteiger partial charge on any atom is 0.341 e. The molecule has 0 aromatic carbocycles. The number of aryl methyl sites for hydroxylation is 1. The number of carbonyl (C=O) groups is 1. The zero-order valence-corrected chi connectivity index (χ0v) is 16.3. The van der Waals surface area contributed by atoms with Gasteiger partial charge in [-0.25, -0.2) is 9.18 Å². The highest BCUT2D eigenvalue weighted by Gasteiger charge is 2.50. The van der Waals surface area contributed by atoms with Crippen LogP contribution in [0.25, 0.3) is 5.52 Å². The van der Waals surface area contributed by atoms with Crippen molar-refractivity contribution in [1.29, 1.82) is 0 Å². The van der Waals surface area contributed by atoms with Crippen LogP contribution in [0.5, 0.6) is 0 Å². The van der Waals surface area contributed by atoms with Crippen molar-refractivity contribution in [2.75, 3.05) is 31.1 Å². The van der Waals surface area contributed by atoms with E-state index in [4.69, 9.17) is 10.5 Å².